The quantitative estimate of drug-likeness (QED) is 0.182. The number of nitrogens with one attached hydrogen (secondary N) is 1. The summed E-state index contributed by atoms with van der Waals surface area (Å²) in [4.78, 5) is 33.7. The molecule has 0 spiro atoms. The minimum absolute atomic E-state index is 0.109. The van der Waals surface area contributed by atoms with Crippen LogP contribution in [0.3, 0.4) is 0 Å². The number of benzene rings is 1. The predicted molar refractivity (Wildman–Crippen MR) is 165 cm³/mol. The maximum Gasteiger partial charge on any atom is 0.433 e. The van der Waals surface area contributed by atoms with Gasteiger partial charge in [-0.15, -0.1) is 22.7 Å². The van der Waals surface area contributed by atoms with Gasteiger partial charge in [0.1, 0.15) is 5.00 Å². The van der Waals surface area contributed by atoms with Gasteiger partial charge < -0.3 is 10.1 Å². The zero-order chi connectivity index (χ0) is 31.2. The molecule has 7 nitrogen and oxygen atoms in total. The van der Waals surface area contributed by atoms with Gasteiger partial charge in [0, 0.05) is 15.8 Å². The molecule has 5 aromatic rings. The minimum atomic E-state index is -4.74. The lowest BCUT2D eigenvalue weighted by molar-refractivity contribution is -0.142. The second-order valence-corrected chi connectivity index (χ2v) is 13.2. The smallest absolute Gasteiger partial charge is 0.433 e. The van der Waals surface area contributed by atoms with Crippen molar-refractivity contribution in [2.75, 3.05) is 5.32 Å². The number of amides is 1. The monoisotopic (exact) mass is 638 g/mol. The molecule has 0 saturated heterocycles. The Labute approximate surface area is 259 Å². The predicted octanol–water partition coefficient (Wildman–Crippen LogP) is 8.19. The number of carbonyl (C=O) groups excluding carboxylic acids is 2. The van der Waals surface area contributed by atoms with Crippen molar-refractivity contribution in [2.45, 2.75) is 64.7 Å². The topological polar surface area (TPSA) is 85.6 Å². The molecule has 0 aliphatic heterocycles. The van der Waals surface area contributed by atoms with Crippen LogP contribution in [-0.2, 0) is 30.2 Å². The third-order valence-electron chi connectivity index (χ3n) is 7.52. The highest BCUT2D eigenvalue weighted by atomic mass is 32.1. The number of carbonyl (C=O) groups is 2. The number of thiophene rings is 2. The van der Waals surface area contributed by atoms with Crippen LogP contribution in [0.5, 0.6) is 0 Å². The van der Waals surface area contributed by atoms with Crippen molar-refractivity contribution in [3.63, 3.8) is 0 Å². The van der Waals surface area contributed by atoms with Crippen molar-refractivity contribution in [1.82, 2.24) is 14.6 Å². The number of fused-ring (bicyclic) bond motifs is 2. The Morgan fingerprint density at radius 3 is 2.57 bits per heavy atom. The highest BCUT2D eigenvalue weighted by Crippen LogP contribution is 2.43. The first-order valence-electron chi connectivity index (χ1n) is 14.3. The Bertz CT molecular complexity index is 1860. The molecule has 228 valence electrons. The molecule has 1 atom stereocenters. The third kappa shape index (κ3) is 5.88. The highest BCUT2D eigenvalue weighted by molar-refractivity contribution is 7.17. The maximum absolute atomic E-state index is 14.1. The standard InChI is InChI=1S/C32H29F3N4O3S2/c1-4-20-11-13-24(43-20)22-15-26(32(33,34)35)39-27(36-22)16-23(38-39)29(40)37-30-28(31(41)42-17(2)3)21-12-10-19(14-25(21)44-30)18-8-6-5-7-9-18/h5-9,11,13,15-17,19H,4,10,12,14H2,1-3H3,(H,37,40). The van der Waals surface area contributed by atoms with Crippen LogP contribution < -0.4 is 5.32 Å². The van der Waals surface area contributed by atoms with E-state index in [0.29, 0.717) is 32.8 Å². The summed E-state index contributed by atoms with van der Waals surface area (Å²) >= 11 is 2.66. The van der Waals surface area contributed by atoms with Crippen molar-refractivity contribution in [1.29, 1.82) is 0 Å². The lowest BCUT2D eigenvalue weighted by atomic mass is 9.83. The Morgan fingerprint density at radius 1 is 1.11 bits per heavy atom. The van der Waals surface area contributed by atoms with Gasteiger partial charge in [-0.2, -0.15) is 18.3 Å². The van der Waals surface area contributed by atoms with Gasteiger partial charge in [-0.3, -0.25) is 4.79 Å². The lowest BCUT2D eigenvalue weighted by Gasteiger charge is -2.23. The van der Waals surface area contributed by atoms with Crippen molar-refractivity contribution >= 4 is 45.2 Å². The molecule has 0 fully saturated rings. The molecule has 1 aromatic carbocycles. The summed E-state index contributed by atoms with van der Waals surface area (Å²) in [5, 5.41) is 7.06. The molecule has 6 rings (SSSR count). The van der Waals surface area contributed by atoms with Gasteiger partial charge in [0.05, 0.1) is 22.2 Å². The maximum atomic E-state index is 14.1. The van der Waals surface area contributed by atoms with E-state index in [0.717, 1.165) is 34.2 Å². The number of aryl methyl sites for hydroxylation is 1. The Kier molecular flexibility index (Phi) is 8.06. The Hall–Kier alpha value is -4.03. The number of anilines is 1. The molecule has 12 heteroatoms. The molecule has 44 heavy (non-hydrogen) atoms. The average Bonchev–Trinajstić information content (AvgIpc) is 3.72. The SMILES string of the molecule is CCc1ccc(-c2cc(C(F)(F)F)n3nc(C(=O)Nc4sc5c(c4C(=O)OC(C)C)CCC(c4ccccc4)C5)cc3n2)s1. The van der Waals surface area contributed by atoms with Crippen molar-refractivity contribution in [2.24, 2.45) is 0 Å². The molecule has 0 radical (unpaired) electrons. The van der Waals surface area contributed by atoms with E-state index in [2.05, 4.69) is 27.5 Å². The first-order valence-corrected chi connectivity index (χ1v) is 15.9. The molecule has 1 aliphatic carbocycles. The van der Waals surface area contributed by atoms with E-state index in [1.54, 1.807) is 19.9 Å². The Morgan fingerprint density at radius 2 is 1.89 bits per heavy atom. The summed E-state index contributed by atoms with van der Waals surface area (Å²) in [5.41, 5.74) is 1.09. The van der Waals surface area contributed by atoms with E-state index >= 15 is 0 Å². The van der Waals surface area contributed by atoms with Crippen LogP contribution in [0, 0.1) is 0 Å². The third-order valence-corrected chi connectivity index (χ3v) is 9.94. The first-order chi connectivity index (χ1) is 21.0. The summed E-state index contributed by atoms with van der Waals surface area (Å²) in [6, 6.07) is 15.9. The fourth-order valence-electron chi connectivity index (χ4n) is 5.46. The average molecular weight is 639 g/mol. The van der Waals surface area contributed by atoms with Gasteiger partial charge in [0.2, 0.25) is 0 Å². The van der Waals surface area contributed by atoms with Crippen molar-refractivity contribution in [3.8, 4) is 10.6 Å². The van der Waals surface area contributed by atoms with Gasteiger partial charge in [-0.1, -0.05) is 37.3 Å². The molecule has 0 saturated carbocycles. The molecule has 4 heterocycles. The van der Waals surface area contributed by atoms with Crippen LogP contribution in [0.15, 0.2) is 54.6 Å². The second kappa shape index (κ2) is 11.8. The van der Waals surface area contributed by atoms with Crippen LogP contribution in [0.1, 0.15) is 80.5 Å². The van der Waals surface area contributed by atoms with Crippen LogP contribution in [0.4, 0.5) is 18.2 Å². The number of alkyl halides is 3. The number of hydrogen-bond donors (Lipinski definition) is 1. The van der Waals surface area contributed by atoms with Gasteiger partial charge in [0.15, 0.2) is 17.0 Å². The van der Waals surface area contributed by atoms with Crippen LogP contribution in [0.25, 0.3) is 16.2 Å². The fourth-order valence-corrected chi connectivity index (χ4v) is 7.68. The second-order valence-electron chi connectivity index (χ2n) is 10.9. The molecule has 1 N–H and O–H groups in total. The fraction of sp³-hybridized carbons (Fsp3) is 0.312. The summed E-state index contributed by atoms with van der Waals surface area (Å²) in [6.07, 6.45) is -2.22. The van der Waals surface area contributed by atoms with E-state index in [-0.39, 0.29) is 29.1 Å². The number of hydrogen-bond acceptors (Lipinski definition) is 7. The molecule has 4 aromatic heterocycles. The Balaban J connectivity index is 1.36. The number of nitrogens with zero attached hydrogens (tertiary/aromatic N) is 3. The number of esters is 1. The molecular formula is C32H29F3N4O3S2. The first kappa shape index (κ1) is 30.0. The highest BCUT2D eigenvalue weighted by Gasteiger charge is 2.36. The van der Waals surface area contributed by atoms with E-state index in [1.807, 2.05) is 31.2 Å². The number of rotatable bonds is 7. The van der Waals surface area contributed by atoms with Crippen LogP contribution in [0.2, 0.25) is 0 Å². The van der Waals surface area contributed by atoms with E-state index in [4.69, 9.17) is 4.74 Å². The van der Waals surface area contributed by atoms with E-state index in [1.165, 1.54) is 34.3 Å². The zero-order valence-electron chi connectivity index (χ0n) is 24.2. The van der Waals surface area contributed by atoms with E-state index < -0.39 is 23.7 Å². The summed E-state index contributed by atoms with van der Waals surface area (Å²) in [7, 11) is 0. The molecule has 0 bridgehead atoms. The van der Waals surface area contributed by atoms with Crippen LogP contribution in [-0.4, -0.2) is 32.6 Å². The minimum Gasteiger partial charge on any atom is -0.459 e. The largest absolute Gasteiger partial charge is 0.459 e. The van der Waals surface area contributed by atoms with Crippen molar-refractivity contribution < 1.29 is 27.5 Å². The van der Waals surface area contributed by atoms with Gasteiger partial charge in [-0.05, 0) is 74.8 Å². The molecule has 1 unspecified atom stereocenters. The number of aromatic nitrogens is 3. The number of ether oxygens (including phenoxy) is 1. The van der Waals surface area contributed by atoms with E-state index in [9.17, 15) is 22.8 Å². The van der Waals surface area contributed by atoms with Gasteiger partial charge >= 0.3 is 12.1 Å². The van der Waals surface area contributed by atoms with Crippen LogP contribution >= 0.6 is 22.7 Å². The summed E-state index contributed by atoms with van der Waals surface area (Å²) < 4.78 is 48.6. The summed E-state index contributed by atoms with van der Waals surface area (Å²) in [5.74, 6) is -1.03. The van der Waals surface area contributed by atoms with Gasteiger partial charge in [-0.25, -0.2) is 14.3 Å². The molecule has 1 aliphatic rings. The zero-order valence-corrected chi connectivity index (χ0v) is 25.8. The van der Waals surface area contributed by atoms with Gasteiger partial charge in [0.25, 0.3) is 5.91 Å². The normalized spacial score (nSPS) is 15.0. The van der Waals surface area contributed by atoms with Crippen molar-refractivity contribution in [3.05, 3.63) is 92.4 Å². The lowest BCUT2D eigenvalue weighted by Crippen LogP contribution is -2.19. The summed E-state index contributed by atoms with van der Waals surface area (Å²) in [6.45, 7) is 5.46. The molecular weight excluding hydrogens is 610 g/mol. The molecule has 1 amide bonds. The number of halogens is 3.